The molecule has 0 aromatic rings. The lowest BCUT2D eigenvalue weighted by Crippen LogP contribution is -2.23. The van der Waals surface area contributed by atoms with Crippen LogP contribution in [0.2, 0.25) is 0 Å². The first-order valence-corrected chi connectivity index (χ1v) is 6.15. The molecular weight excluding hydrogens is 178 g/mol. The average Bonchev–Trinajstić information content (AvgIpc) is 2.30. The minimum absolute atomic E-state index is 0.0509. The maximum atomic E-state index is 9.24. The number of nitrogens with zero attached hydrogens (tertiary/aromatic N) is 1. The highest BCUT2D eigenvalue weighted by Gasteiger charge is 2.32. The van der Waals surface area contributed by atoms with Crippen molar-refractivity contribution >= 4 is 11.8 Å². The Morgan fingerprint density at radius 2 is 1.69 bits per heavy atom. The van der Waals surface area contributed by atoms with Crippen LogP contribution in [0.5, 0.6) is 0 Å². The van der Waals surface area contributed by atoms with Crippen molar-refractivity contribution in [2.24, 2.45) is 0 Å². The average molecular weight is 197 g/mol. The maximum Gasteiger partial charge on any atom is 0.103 e. The van der Waals surface area contributed by atoms with E-state index in [9.17, 15) is 5.26 Å². The van der Waals surface area contributed by atoms with Crippen molar-refractivity contribution in [3.8, 4) is 6.07 Å². The van der Waals surface area contributed by atoms with Crippen LogP contribution in [0, 0.1) is 11.3 Å². The maximum absolute atomic E-state index is 9.24. The largest absolute Gasteiger partial charge is 0.197 e. The van der Waals surface area contributed by atoms with E-state index in [0.29, 0.717) is 5.25 Å². The van der Waals surface area contributed by atoms with Crippen LogP contribution < -0.4 is 0 Å². The van der Waals surface area contributed by atoms with E-state index >= 15 is 0 Å². The van der Waals surface area contributed by atoms with Crippen LogP contribution in [-0.2, 0) is 0 Å². The molecule has 0 saturated heterocycles. The summed E-state index contributed by atoms with van der Waals surface area (Å²) in [4.78, 5) is 0. The Morgan fingerprint density at radius 3 is 2.08 bits per heavy atom. The first-order valence-electron chi connectivity index (χ1n) is 5.28. The first kappa shape index (κ1) is 10.9. The molecule has 1 aliphatic rings. The molecule has 0 atom stereocenters. The zero-order valence-corrected chi connectivity index (χ0v) is 9.49. The van der Waals surface area contributed by atoms with Crippen molar-refractivity contribution in [3.05, 3.63) is 0 Å². The Morgan fingerprint density at radius 1 is 1.15 bits per heavy atom. The lowest BCUT2D eigenvalue weighted by atomic mass is 10.0. The lowest BCUT2D eigenvalue weighted by molar-refractivity contribution is 0.616. The van der Waals surface area contributed by atoms with Gasteiger partial charge in [-0.05, 0) is 12.8 Å². The summed E-state index contributed by atoms with van der Waals surface area (Å²) in [7, 11) is 0. The van der Waals surface area contributed by atoms with Gasteiger partial charge >= 0.3 is 0 Å². The normalized spacial score (nSPS) is 22.3. The van der Waals surface area contributed by atoms with Gasteiger partial charge in [0.1, 0.15) is 4.75 Å². The van der Waals surface area contributed by atoms with Crippen LogP contribution in [0.4, 0.5) is 0 Å². The molecule has 0 aromatic carbocycles. The minimum Gasteiger partial charge on any atom is -0.197 e. The van der Waals surface area contributed by atoms with Crippen molar-refractivity contribution in [2.75, 3.05) is 0 Å². The molecule has 0 radical (unpaired) electrons. The fourth-order valence-corrected chi connectivity index (χ4v) is 3.49. The summed E-state index contributed by atoms with van der Waals surface area (Å²) >= 11 is 1.88. The third-order valence-corrected chi connectivity index (χ3v) is 4.00. The predicted molar refractivity (Wildman–Crippen MR) is 58.8 cm³/mol. The van der Waals surface area contributed by atoms with Crippen molar-refractivity contribution in [1.82, 2.24) is 0 Å². The second kappa shape index (κ2) is 4.91. The summed E-state index contributed by atoms with van der Waals surface area (Å²) in [5, 5.41) is 9.83. The van der Waals surface area contributed by atoms with Crippen molar-refractivity contribution in [1.29, 1.82) is 5.26 Å². The molecule has 0 heterocycles. The van der Waals surface area contributed by atoms with E-state index < -0.39 is 0 Å². The second-order valence-electron chi connectivity index (χ2n) is 4.19. The fraction of sp³-hybridized carbons (Fsp3) is 0.909. The molecule has 0 aliphatic heterocycles. The summed E-state index contributed by atoms with van der Waals surface area (Å²) in [5.74, 6) is 0. The molecule has 0 spiro atoms. The number of hydrogen-bond donors (Lipinski definition) is 0. The van der Waals surface area contributed by atoms with E-state index in [-0.39, 0.29) is 4.75 Å². The zero-order valence-electron chi connectivity index (χ0n) is 8.68. The zero-order chi connectivity index (χ0) is 9.73. The molecule has 1 nitrogen and oxygen atoms in total. The number of hydrogen-bond acceptors (Lipinski definition) is 2. The number of nitriles is 1. The predicted octanol–water partition coefficient (Wildman–Crippen LogP) is 3.74. The third-order valence-electron chi connectivity index (χ3n) is 2.58. The van der Waals surface area contributed by atoms with E-state index in [2.05, 4.69) is 19.9 Å². The van der Waals surface area contributed by atoms with E-state index in [4.69, 9.17) is 0 Å². The van der Waals surface area contributed by atoms with Gasteiger partial charge in [-0.3, -0.25) is 0 Å². The SMILES string of the molecule is CC(C)SC1(C#N)CCCCCC1. The fourth-order valence-electron chi connectivity index (χ4n) is 2.01. The van der Waals surface area contributed by atoms with Gasteiger partial charge in [-0.25, -0.2) is 0 Å². The molecule has 0 N–H and O–H groups in total. The van der Waals surface area contributed by atoms with Crippen LogP contribution in [0.15, 0.2) is 0 Å². The van der Waals surface area contributed by atoms with Gasteiger partial charge in [-0.2, -0.15) is 5.26 Å². The summed E-state index contributed by atoms with van der Waals surface area (Å²) in [6.07, 6.45) is 7.34. The number of thioether (sulfide) groups is 1. The number of rotatable bonds is 2. The van der Waals surface area contributed by atoms with Crippen LogP contribution in [0.1, 0.15) is 52.4 Å². The first-order chi connectivity index (χ1) is 6.18. The molecule has 0 unspecified atom stereocenters. The Kier molecular flexibility index (Phi) is 4.12. The topological polar surface area (TPSA) is 23.8 Å². The van der Waals surface area contributed by atoms with Crippen LogP contribution >= 0.6 is 11.8 Å². The molecule has 0 amide bonds. The van der Waals surface area contributed by atoms with Gasteiger partial charge in [0.05, 0.1) is 6.07 Å². The molecule has 0 bridgehead atoms. The molecule has 2 heteroatoms. The van der Waals surface area contributed by atoms with Gasteiger partial charge in [0, 0.05) is 5.25 Å². The summed E-state index contributed by atoms with van der Waals surface area (Å²) in [6.45, 7) is 4.38. The summed E-state index contributed by atoms with van der Waals surface area (Å²) < 4.78 is -0.0509. The monoisotopic (exact) mass is 197 g/mol. The van der Waals surface area contributed by atoms with Gasteiger partial charge < -0.3 is 0 Å². The summed E-state index contributed by atoms with van der Waals surface area (Å²) in [6, 6.07) is 2.55. The molecular formula is C11H19NS. The lowest BCUT2D eigenvalue weighted by Gasteiger charge is -2.26. The van der Waals surface area contributed by atoms with Gasteiger partial charge in [-0.15, -0.1) is 11.8 Å². The van der Waals surface area contributed by atoms with Crippen molar-refractivity contribution in [3.63, 3.8) is 0 Å². The van der Waals surface area contributed by atoms with Crippen LogP contribution in [-0.4, -0.2) is 10.00 Å². The Bertz CT molecular complexity index is 185. The third kappa shape index (κ3) is 3.23. The van der Waals surface area contributed by atoms with Gasteiger partial charge in [0.25, 0.3) is 0 Å². The highest BCUT2D eigenvalue weighted by atomic mass is 32.2. The Labute approximate surface area is 85.9 Å². The molecule has 1 aliphatic carbocycles. The van der Waals surface area contributed by atoms with Crippen molar-refractivity contribution in [2.45, 2.75) is 62.4 Å². The highest BCUT2D eigenvalue weighted by Crippen LogP contribution is 2.40. The second-order valence-corrected chi connectivity index (χ2v) is 6.15. The van der Waals surface area contributed by atoms with Gasteiger partial charge in [-0.1, -0.05) is 39.5 Å². The van der Waals surface area contributed by atoms with Crippen LogP contribution in [0.25, 0.3) is 0 Å². The van der Waals surface area contributed by atoms with Crippen molar-refractivity contribution < 1.29 is 0 Å². The highest BCUT2D eigenvalue weighted by molar-refractivity contribution is 8.01. The molecule has 0 aromatic heterocycles. The molecule has 74 valence electrons. The minimum atomic E-state index is -0.0509. The molecule has 13 heavy (non-hydrogen) atoms. The van der Waals surface area contributed by atoms with E-state index in [1.807, 2.05) is 11.8 Å². The quantitative estimate of drug-likeness (QED) is 0.630. The van der Waals surface area contributed by atoms with Crippen LogP contribution in [0.3, 0.4) is 0 Å². The van der Waals surface area contributed by atoms with E-state index in [0.717, 1.165) is 12.8 Å². The van der Waals surface area contributed by atoms with Gasteiger partial charge in [0.2, 0.25) is 0 Å². The standard InChI is InChI=1S/C11H19NS/c1-10(2)13-11(9-12)7-5-3-4-6-8-11/h10H,3-8H2,1-2H3. The Balaban J connectivity index is 2.60. The molecule has 1 rings (SSSR count). The Hall–Kier alpha value is -0.160. The van der Waals surface area contributed by atoms with Gasteiger partial charge in [0.15, 0.2) is 0 Å². The smallest absolute Gasteiger partial charge is 0.103 e. The molecule has 1 saturated carbocycles. The van der Waals surface area contributed by atoms with E-state index in [1.54, 1.807) is 0 Å². The summed E-state index contributed by atoms with van der Waals surface area (Å²) in [5.41, 5.74) is 0. The van der Waals surface area contributed by atoms with E-state index in [1.165, 1.54) is 25.7 Å². The molecule has 1 fully saturated rings.